The number of benzene rings is 1. The van der Waals surface area contributed by atoms with Crippen molar-refractivity contribution in [2.75, 3.05) is 6.61 Å². The Morgan fingerprint density at radius 1 is 1.29 bits per heavy atom. The second kappa shape index (κ2) is 6.50. The number of aliphatic hydroxyl groups excluding tert-OH is 1. The first-order chi connectivity index (χ1) is 9.58. The van der Waals surface area contributed by atoms with Gasteiger partial charge in [0.25, 0.3) is 5.69 Å². The van der Waals surface area contributed by atoms with Gasteiger partial charge < -0.3 is 5.11 Å². The summed E-state index contributed by atoms with van der Waals surface area (Å²) in [7, 11) is -3.79. The van der Waals surface area contributed by atoms with Crippen LogP contribution in [0.15, 0.2) is 29.2 Å². The molecule has 1 aromatic rings. The Labute approximate surface area is 124 Å². The van der Waals surface area contributed by atoms with E-state index in [1.165, 1.54) is 12.1 Å². The molecule has 0 aromatic heterocycles. The van der Waals surface area contributed by atoms with Gasteiger partial charge in [0.1, 0.15) is 0 Å². The molecule has 0 spiro atoms. The third-order valence-electron chi connectivity index (χ3n) is 3.12. The zero-order chi connectivity index (χ0) is 16.3. The third kappa shape index (κ3) is 4.76. The van der Waals surface area contributed by atoms with Crippen LogP contribution in [-0.4, -0.2) is 31.1 Å². The molecule has 0 radical (unpaired) electrons. The summed E-state index contributed by atoms with van der Waals surface area (Å²) in [6.45, 7) is 5.47. The predicted octanol–water partition coefficient (Wildman–Crippen LogP) is 1.67. The highest BCUT2D eigenvalue weighted by atomic mass is 32.2. The fraction of sp³-hybridized carbons (Fsp3) is 0.538. The van der Waals surface area contributed by atoms with Gasteiger partial charge in [0.15, 0.2) is 0 Å². The van der Waals surface area contributed by atoms with Gasteiger partial charge in [-0.3, -0.25) is 10.1 Å². The van der Waals surface area contributed by atoms with Gasteiger partial charge in [0.2, 0.25) is 10.0 Å². The van der Waals surface area contributed by atoms with Crippen LogP contribution < -0.4 is 4.72 Å². The van der Waals surface area contributed by atoms with E-state index in [9.17, 15) is 18.5 Å². The molecule has 1 aromatic carbocycles. The van der Waals surface area contributed by atoms with Gasteiger partial charge in [-0.1, -0.05) is 20.8 Å². The summed E-state index contributed by atoms with van der Waals surface area (Å²) in [6, 6.07) is 4.24. The van der Waals surface area contributed by atoms with Crippen LogP contribution in [0.25, 0.3) is 0 Å². The fourth-order valence-corrected chi connectivity index (χ4v) is 3.28. The molecular formula is C13H20N2O5S. The fourth-order valence-electron chi connectivity index (χ4n) is 1.80. The number of nitrogens with one attached hydrogen (secondary N) is 1. The van der Waals surface area contributed by atoms with Gasteiger partial charge >= 0.3 is 0 Å². The van der Waals surface area contributed by atoms with Crippen molar-refractivity contribution in [3.8, 4) is 0 Å². The molecule has 7 nitrogen and oxygen atoms in total. The van der Waals surface area contributed by atoms with Gasteiger partial charge in [-0.25, -0.2) is 13.1 Å². The Morgan fingerprint density at radius 3 is 2.19 bits per heavy atom. The summed E-state index contributed by atoms with van der Waals surface area (Å²) < 4.78 is 27.1. The number of nitrogens with zero attached hydrogens (tertiary/aromatic N) is 1. The summed E-state index contributed by atoms with van der Waals surface area (Å²) in [5, 5.41) is 19.6. The number of hydrogen-bond acceptors (Lipinski definition) is 5. The Morgan fingerprint density at radius 2 is 1.81 bits per heavy atom. The van der Waals surface area contributed by atoms with Gasteiger partial charge in [-0.15, -0.1) is 0 Å². The largest absolute Gasteiger partial charge is 0.396 e. The summed E-state index contributed by atoms with van der Waals surface area (Å²) in [6.07, 6.45) is 0.287. The first kappa shape index (κ1) is 17.5. The third-order valence-corrected chi connectivity index (χ3v) is 4.61. The molecule has 0 fully saturated rings. The number of non-ortho nitro benzene ring substituents is 1. The average molecular weight is 316 g/mol. The van der Waals surface area contributed by atoms with Crippen LogP contribution in [0.5, 0.6) is 0 Å². The molecular weight excluding hydrogens is 296 g/mol. The predicted molar refractivity (Wildman–Crippen MR) is 78.4 cm³/mol. The number of hydrogen-bond donors (Lipinski definition) is 2. The lowest BCUT2D eigenvalue weighted by atomic mass is 9.86. The van der Waals surface area contributed by atoms with E-state index in [1.54, 1.807) is 0 Å². The monoisotopic (exact) mass is 316 g/mol. The van der Waals surface area contributed by atoms with Crippen LogP contribution >= 0.6 is 0 Å². The second-order valence-corrected chi connectivity index (χ2v) is 7.52. The molecule has 8 heteroatoms. The van der Waals surface area contributed by atoms with Crippen LogP contribution in [0, 0.1) is 15.5 Å². The molecule has 1 unspecified atom stereocenters. The van der Waals surface area contributed by atoms with Crippen LogP contribution in [0.3, 0.4) is 0 Å². The number of aliphatic hydroxyl groups is 1. The molecule has 118 valence electrons. The Bertz CT molecular complexity index is 590. The van der Waals surface area contributed by atoms with Crippen molar-refractivity contribution >= 4 is 15.7 Å². The maximum atomic E-state index is 12.3. The van der Waals surface area contributed by atoms with Gasteiger partial charge in [-0.05, 0) is 24.0 Å². The van der Waals surface area contributed by atoms with E-state index in [0.29, 0.717) is 0 Å². The van der Waals surface area contributed by atoms with Gasteiger partial charge in [0, 0.05) is 24.8 Å². The summed E-state index contributed by atoms with van der Waals surface area (Å²) in [5.74, 6) is 0. The highest BCUT2D eigenvalue weighted by Crippen LogP contribution is 2.24. The van der Waals surface area contributed by atoms with E-state index >= 15 is 0 Å². The number of nitro groups is 1. The number of nitro benzene ring substituents is 1. The van der Waals surface area contributed by atoms with E-state index in [4.69, 9.17) is 5.11 Å². The van der Waals surface area contributed by atoms with Gasteiger partial charge in [0.05, 0.1) is 9.82 Å². The molecule has 0 aliphatic rings. The Kier molecular flexibility index (Phi) is 5.43. The summed E-state index contributed by atoms with van der Waals surface area (Å²) >= 11 is 0. The zero-order valence-electron chi connectivity index (χ0n) is 12.2. The Hall–Kier alpha value is -1.51. The van der Waals surface area contributed by atoms with E-state index < -0.39 is 21.0 Å². The highest BCUT2D eigenvalue weighted by molar-refractivity contribution is 7.89. The minimum atomic E-state index is -3.79. The van der Waals surface area contributed by atoms with Crippen molar-refractivity contribution in [1.29, 1.82) is 0 Å². The van der Waals surface area contributed by atoms with Crippen molar-refractivity contribution < 1.29 is 18.4 Å². The summed E-state index contributed by atoms with van der Waals surface area (Å²) in [4.78, 5) is 9.94. The molecule has 0 saturated carbocycles. The van der Waals surface area contributed by atoms with E-state index in [1.807, 2.05) is 20.8 Å². The quantitative estimate of drug-likeness (QED) is 0.613. The minimum Gasteiger partial charge on any atom is -0.396 e. The standard InChI is InChI=1S/C13H20N2O5S/c1-13(2,3)12(8-9-16)14-21(19,20)11-6-4-10(5-7-11)15(17)18/h4-7,12,14,16H,8-9H2,1-3H3. The minimum absolute atomic E-state index is 0.0414. The molecule has 2 N–H and O–H groups in total. The normalized spacial score (nSPS) is 13.9. The van der Waals surface area contributed by atoms with E-state index in [-0.39, 0.29) is 29.0 Å². The van der Waals surface area contributed by atoms with Crippen molar-refractivity contribution in [3.63, 3.8) is 0 Å². The van der Waals surface area contributed by atoms with Crippen LogP contribution in [0.2, 0.25) is 0 Å². The molecule has 0 aliphatic carbocycles. The smallest absolute Gasteiger partial charge is 0.269 e. The van der Waals surface area contributed by atoms with Crippen LogP contribution in [0.4, 0.5) is 5.69 Å². The van der Waals surface area contributed by atoms with Gasteiger partial charge in [-0.2, -0.15) is 0 Å². The van der Waals surface area contributed by atoms with Crippen molar-refractivity contribution in [1.82, 2.24) is 4.72 Å². The summed E-state index contributed by atoms with van der Waals surface area (Å²) in [5.41, 5.74) is -0.534. The maximum absolute atomic E-state index is 12.3. The first-order valence-electron chi connectivity index (χ1n) is 6.45. The molecule has 0 saturated heterocycles. The van der Waals surface area contributed by atoms with Crippen molar-refractivity contribution in [2.24, 2.45) is 5.41 Å². The molecule has 0 heterocycles. The van der Waals surface area contributed by atoms with Crippen LogP contribution in [0.1, 0.15) is 27.2 Å². The van der Waals surface area contributed by atoms with Crippen molar-refractivity contribution in [3.05, 3.63) is 34.4 Å². The zero-order valence-corrected chi connectivity index (χ0v) is 13.1. The van der Waals surface area contributed by atoms with Crippen LogP contribution in [-0.2, 0) is 10.0 Å². The second-order valence-electron chi connectivity index (χ2n) is 5.80. The molecule has 0 bridgehead atoms. The Balaban J connectivity index is 3.02. The molecule has 0 aliphatic heterocycles. The average Bonchev–Trinajstić information content (AvgIpc) is 2.37. The molecule has 1 atom stereocenters. The first-order valence-corrected chi connectivity index (χ1v) is 7.94. The highest BCUT2D eigenvalue weighted by Gasteiger charge is 2.29. The lowest BCUT2D eigenvalue weighted by Crippen LogP contribution is -2.44. The number of sulfonamides is 1. The molecule has 21 heavy (non-hydrogen) atoms. The lowest BCUT2D eigenvalue weighted by Gasteiger charge is -2.30. The van der Waals surface area contributed by atoms with E-state index in [0.717, 1.165) is 12.1 Å². The SMILES string of the molecule is CC(C)(C)C(CCO)NS(=O)(=O)c1ccc([N+](=O)[O-])cc1. The van der Waals surface area contributed by atoms with E-state index in [2.05, 4.69) is 4.72 Å². The lowest BCUT2D eigenvalue weighted by molar-refractivity contribution is -0.384. The molecule has 1 rings (SSSR count). The molecule has 0 amide bonds. The maximum Gasteiger partial charge on any atom is 0.269 e. The number of rotatable bonds is 6. The topological polar surface area (TPSA) is 110 Å². The van der Waals surface area contributed by atoms with Crippen molar-refractivity contribution in [2.45, 2.75) is 38.1 Å².